The van der Waals surface area contributed by atoms with Crippen molar-refractivity contribution in [2.75, 3.05) is 25.5 Å². The summed E-state index contributed by atoms with van der Waals surface area (Å²) in [6.07, 6.45) is 0. The van der Waals surface area contributed by atoms with Crippen LogP contribution in [0.4, 0.5) is 5.69 Å². The molecule has 0 saturated heterocycles. The Labute approximate surface area is 148 Å². The maximum absolute atomic E-state index is 12.3. The van der Waals surface area contributed by atoms with Gasteiger partial charge in [-0.05, 0) is 36.8 Å². The van der Waals surface area contributed by atoms with Crippen molar-refractivity contribution in [3.05, 3.63) is 58.6 Å². The molecule has 2 rings (SSSR count). The first kappa shape index (κ1) is 18.3. The number of para-hydroxylation sites is 1. The molecule has 0 saturated carbocycles. The molecule has 2 aromatic rings. The smallest absolute Gasteiger partial charge is 0.241 e. The van der Waals surface area contributed by atoms with Crippen molar-refractivity contribution in [2.45, 2.75) is 11.8 Å². The van der Waals surface area contributed by atoms with Crippen LogP contribution in [0.3, 0.4) is 0 Å². The minimum absolute atomic E-state index is 0.0239. The maximum Gasteiger partial charge on any atom is 0.241 e. The molecule has 0 unspecified atom stereocenters. The van der Waals surface area contributed by atoms with Gasteiger partial charge in [-0.1, -0.05) is 41.6 Å². The van der Waals surface area contributed by atoms with E-state index in [-0.39, 0.29) is 11.4 Å². The van der Waals surface area contributed by atoms with Gasteiger partial charge in [-0.25, -0.2) is 8.42 Å². The first-order chi connectivity index (χ1) is 11.3. The average Bonchev–Trinajstić information content (AvgIpc) is 2.54. The topological polar surface area (TPSA) is 49.4 Å². The van der Waals surface area contributed by atoms with Crippen LogP contribution >= 0.6 is 11.6 Å². The second kappa shape index (κ2) is 7.71. The number of nitrogens with one attached hydrogen (secondary N) is 1. The van der Waals surface area contributed by atoms with Gasteiger partial charge in [-0.15, -0.1) is 0 Å². The summed E-state index contributed by atoms with van der Waals surface area (Å²) in [5.74, 6) is 5.86. The fraction of sp³-hybridized carbons (Fsp3) is 0.222. The summed E-state index contributed by atoms with van der Waals surface area (Å²) < 4.78 is 27.2. The number of sulfonamides is 1. The Kier molecular flexibility index (Phi) is 5.89. The lowest BCUT2D eigenvalue weighted by atomic mass is 10.1. The van der Waals surface area contributed by atoms with Crippen LogP contribution in [-0.2, 0) is 10.0 Å². The Balaban J connectivity index is 2.14. The van der Waals surface area contributed by atoms with E-state index in [1.54, 1.807) is 19.1 Å². The first-order valence-electron chi connectivity index (χ1n) is 7.32. The van der Waals surface area contributed by atoms with Crippen molar-refractivity contribution in [3.63, 3.8) is 0 Å². The summed E-state index contributed by atoms with van der Waals surface area (Å²) in [5.41, 5.74) is 2.47. The number of rotatable bonds is 4. The Morgan fingerprint density at radius 2 is 1.88 bits per heavy atom. The van der Waals surface area contributed by atoms with Crippen LogP contribution in [0.15, 0.2) is 47.4 Å². The largest absolute Gasteiger partial charge is 0.377 e. The molecule has 126 valence electrons. The molecule has 24 heavy (non-hydrogen) atoms. The van der Waals surface area contributed by atoms with E-state index >= 15 is 0 Å². The molecule has 0 amide bonds. The molecule has 0 aliphatic carbocycles. The highest BCUT2D eigenvalue weighted by Crippen LogP contribution is 2.20. The Hall–Kier alpha value is -2.00. The molecule has 0 fully saturated rings. The lowest BCUT2D eigenvalue weighted by Crippen LogP contribution is -2.24. The second-order valence-electron chi connectivity index (χ2n) is 5.45. The van der Waals surface area contributed by atoms with Crippen molar-refractivity contribution in [3.8, 4) is 11.8 Å². The zero-order chi connectivity index (χ0) is 17.7. The van der Waals surface area contributed by atoms with Crippen LogP contribution in [0.5, 0.6) is 0 Å². The fourth-order valence-corrected chi connectivity index (χ4v) is 3.61. The van der Waals surface area contributed by atoms with Gasteiger partial charge in [-0.2, -0.15) is 4.72 Å². The Morgan fingerprint density at radius 1 is 1.17 bits per heavy atom. The summed E-state index contributed by atoms with van der Waals surface area (Å²) >= 11 is 5.89. The van der Waals surface area contributed by atoms with Gasteiger partial charge in [0, 0.05) is 24.7 Å². The van der Waals surface area contributed by atoms with Crippen LogP contribution in [0, 0.1) is 18.8 Å². The normalized spacial score (nSPS) is 10.8. The van der Waals surface area contributed by atoms with E-state index in [9.17, 15) is 8.42 Å². The van der Waals surface area contributed by atoms with E-state index in [0.29, 0.717) is 10.6 Å². The Morgan fingerprint density at radius 3 is 2.58 bits per heavy atom. The fourth-order valence-electron chi connectivity index (χ4n) is 2.18. The molecule has 0 aliphatic heterocycles. The Bertz CT molecular complexity index is 897. The molecular formula is C18H19ClN2O2S. The zero-order valence-electron chi connectivity index (χ0n) is 13.8. The van der Waals surface area contributed by atoms with Crippen molar-refractivity contribution >= 4 is 27.3 Å². The van der Waals surface area contributed by atoms with Crippen molar-refractivity contribution in [1.29, 1.82) is 0 Å². The predicted octanol–water partition coefficient (Wildman–Crippen LogP) is 3.04. The molecule has 1 N–H and O–H groups in total. The van der Waals surface area contributed by atoms with Gasteiger partial charge < -0.3 is 4.90 Å². The van der Waals surface area contributed by atoms with Crippen LogP contribution in [0.25, 0.3) is 0 Å². The third-order valence-electron chi connectivity index (χ3n) is 3.40. The van der Waals surface area contributed by atoms with E-state index < -0.39 is 10.0 Å². The zero-order valence-corrected chi connectivity index (χ0v) is 15.4. The van der Waals surface area contributed by atoms with Crippen LogP contribution in [0.2, 0.25) is 5.02 Å². The van der Waals surface area contributed by atoms with Crippen molar-refractivity contribution in [1.82, 2.24) is 4.72 Å². The van der Waals surface area contributed by atoms with Crippen LogP contribution < -0.4 is 9.62 Å². The van der Waals surface area contributed by atoms with Gasteiger partial charge in [0.05, 0.1) is 17.1 Å². The number of aryl methyl sites for hydroxylation is 1. The van der Waals surface area contributed by atoms with Crippen molar-refractivity contribution in [2.24, 2.45) is 0 Å². The van der Waals surface area contributed by atoms with Gasteiger partial charge in [0.15, 0.2) is 0 Å². The van der Waals surface area contributed by atoms with E-state index in [1.165, 1.54) is 6.07 Å². The molecule has 6 heteroatoms. The predicted molar refractivity (Wildman–Crippen MR) is 99.0 cm³/mol. The highest BCUT2D eigenvalue weighted by molar-refractivity contribution is 7.89. The summed E-state index contributed by atoms with van der Waals surface area (Å²) in [6, 6.07) is 12.5. The van der Waals surface area contributed by atoms with Crippen molar-refractivity contribution < 1.29 is 8.42 Å². The molecule has 0 aliphatic rings. The molecule has 0 heterocycles. The highest BCUT2D eigenvalue weighted by atomic mass is 35.5. The lowest BCUT2D eigenvalue weighted by molar-refractivity contribution is 0.585. The maximum atomic E-state index is 12.3. The van der Waals surface area contributed by atoms with Crippen LogP contribution in [-0.4, -0.2) is 29.1 Å². The standard InChI is InChI=1S/C18H19ClN2O2S/c1-14-10-11-16(19)13-18(14)24(22,23)20-12-6-8-15-7-4-5-9-17(15)21(2)3/h4-5,7,9-11,13,20H,12H2,1-3H3. The van der Waals surface area contributed by atoms with E-state index in [4.69, 9.17) is 11.6 Å². The van der Waals surface area contributed by atoms with Crippen LogP contribution in [0.1, 0.15) is 11.1 Å². The number of nitrogens with zero attached hydrogens (tertiary/aromatic N) is 1. The first-order valence-corrected chi connectivity index (χ1v) is 9.18. The SMILES string of the molecule is Cc1ccc(Cl)cc1S(=O)(=O)NCC#Cc1ccccc1N(C)C. The lowest BCUT2D eigenvalue weighted by Gasteiger charge is -2.13. The van der Waals surface area contributed by atoms with Gasteiger partial charge in [0.1, 0.15) is 0 Å². The summed E-state index contributed by atoms with van der Waals surface area (Å²) in [7, 11) is 0.230. The second-order valence-corrected chi connectivity index (χ2v) is 7.62. The monoisotopic (exact) mass is 362 g/mol. The quantitative estimate of drug-likeness (QED) is 0.850. The van der Waals surface area contributed by atoms with E-state index in [0.717, 1.165) is 11.3 Å². The van der Waals surface area contributed by atoms with Gasteiger partial charge in [0.25, 0.3) is 0 Å². The number of hydrogen-bond acceptors (Lipinski definition) is 3. The third kappa shape index (κ3) is 4.51. The molecule has 4 nitrogen and oxygen atoms in total. The molecule has 0 aromatic heterocycles. The van der Waals surface area contributed by atoms with E-state index in [2.05, 4.69) is 16.6 Å². The average molecular weight is 363 g/mol. The summed E-state index contributed by atoms with van der Waals surface area (Å²) in [5, 5.41) is 0.381. The van der Waals surface area contributed by atoms with E-state index in [1.807, 2.05) is 43.3 Å². The van der Waals surface area contributed by atoms with Gasteiger partial charge in [-0.3, -0.25) is 0 Å². The highest BCUT2D eigenvalue weighted by Gasteiger charge is 2.16. The number of halogens is 1. The molecular weight excluding hydrogens is 344 g/mol. The number of anilines is 1. The molecule has 0 radical (unpaired) electrons. The van der Waals surface area contributed by atoms with Gasteiger partial charge >= 0.3 is 0 Å². The molecule has 0 atom stereocenters. The summed E-state index contributed by atoms with van der Waals surface area (Å²) in [4.78, 5) is 2.13. The number of benzene rings is 2. The molecule has 2 aromatic carbocycles. The minimum Gasteiger partial charge on any atom is -0.377 e. The third-order valence-corrected chi connectivity index (χ3v) is 5.18. The molecule has 0 bridgehead atoms. The molecule has 0 spiro atoms. The summed E-state index contributed by atoms with van der Waals surface area (Å²) in [6.45, 7) is 1.75. The number of hydrogen-bond donors (Lipinski definition) is 1. The van der Waals surface area contributed by atoms with Gasteiger partial charge in [0.2, 0.25) is 10.0 Å². The minimum atomic E-state index is -3.64.